The second-order valence-electron chi connectivity index (χ2n) is 5.47. The number of carbonyl (C=O) groups excluding carboxylic acids is 1. The largest absolute Gasteiger partial charge is 0.619 e. The molecule has 1 atom stereocenters. The lowest BCUT2D eigenvalue weighted by Crippen LogP contribution is -2.43. The van der Waals surface area contributed by atoms with Crippen molar-refractivity contribution in [2.45, 2.75) is 6.54 Å². The van der Waals surface area contributed by atoms with E-state index in [1.54, 1.807) is 24.3 Å². The molecule has 0 aliphatic carbocycles. The highest BCUT2D eigenvalue weighted by atomic mass is 32.1. The van der Waals surface area contributed by atoms with Gasteiger partial charge in [-0.25, -0.2) is 4.79 Å². The topological polar surface area (TPSA) is 99.1 Å². The molecular weight excluding hydrogens is 350 g/mol. The maximum absolute atomic E-state index is 13.3. The van der Waals surface area contributed by atoms with E-state index >= 15 is 0 Å². The highest BCUT2D eigenvalue weighted by Gasteiger charge is 2.45. The first-order chi connectivity index (χ1) is 11.4. The van der Waals surface area contributed by atoms with Crippen LogP contribution in [0.4, 0.5) is 11.4 Å². The number of H-pyrrole nitrogens is 1. The fourth-order valence-corrected chi connectivity index (χ4v) is 4.13. The van der Waals surface area contributed by atoms with Crippen molar-refractivity contribution in [1.29, 1.82) is 0 Å². The number of aromatic amines is 1. The number of hydroxylamine groups is 2. The molecule has 2 aromatic carbocycles. The minimum atomic E-state index is -1.26. The average Bonchev–Trinajstić information content (AvgIpc) is 3.04. The predicted octanol–water partition coefficient (Wildman–Crippen LogP) is 4.03. The van der Waals surface area contributed by atoms with Crippen LogP contribution in [0.5, 0.6) is 0 Å². The Bertz CT molecular complexity index is 1090. The average molecular weight is 359 g/mol. The molecule has 0 bridgehead atoms. The third kappa shape index (κ3) is 2.03. The molecule has 3 aromatic rings. The van der Waals surface area contributed by atoms with Gasteiger partial charge in [-0.05, 0) is 18.3 Å². The van der Waals surface area contributed by atoms with Crippen LogP contribution in [-0.2, 0) is 6.54 Å². The molecule has 0 saturated carbocycles. The molecular formula is C15H9N3O4S2. The van der Waals surface area contributed by atoms with Gasteiger partial charge in [0.1, 0.15) is 12.2 Å². The smallest absolute Gasteiger partial charge is 0.358 e. The van der Waals surface area contributed by atoms with Gasteiger partial charge in [-0.2, -0.15) is 0 Å². The lowest BCUT2D eigenvalue weighted by atomic mass is 10.1. The zero-order valence-corrected chi connectivity index (χ0v) is 13.6. The summed E-state index contributed by atoms with van der Waals surface area (Å²) in [5.74, 6) is -0.809. The summed E-state index contributed by atoms with van der Waals surface area (Å²) in [5, 5.41) is 24.4. The first-order valence-corrected chi connectivity index (χ1v) is 8.16. The third-order valence-electron chi connectivity index (χ3n) is 4.08. The molecule has 0 radical (unpaired) electrons. The number of carbonyl (C=O) groups is 1. The minimum absolute atomic E-state index is 0.0979. The van der Waals surface area contributed by atoms with E-state index in [-0.39, 0.29) is 23.5 Å². The maximum Gasteiger partial charge on any atom is 0.358 e. The van der Waals surface area contributed by atoms with Gasteiger partial charge in [0, 0.05) is 23.8 Å². The van der Waals surface area contributed by atoms with Crippen molar-refractivity contribution in [3.63, 3.8) is 0 Å². The molecule has 0 fully saturated rings. The van der Waals surface area contributed by atoms with Crippen molar-refractivity contribution < 1.29 is 9.72 Å². The number of rotatable bonds is 2. The fraction of sp³-hybridized carbons (Fsp3) is 0.0667. The van der Waals surface area contributed by atoms with E-state index in [9.17, 15) is 20.1 Å². The summed E-state index contributed by atoms with van der Waals surface area (Å²) in [6.45, 7) is -0.156. The maximum atomic E-state index is 13.3. The third-order valence-corrected chi connectivity index (χ3v) is 5.28. The highest BCUT2D eigenvalue weighted by molar-refractivity contribution is 7.73. The molecule has 1 aromatic heterocycles. The number of nitro benzene ring substituents is 1. The van der Waals surface area contributed by atoms with Crippen LogP contribution in [0.15, 0.2) is 36.4 Å². The lowest BCUT2D eigenvalue weighted by Gasteiger charge is -2.34. The van der Waals surface area contributed by atoms with Crippen LogP contribution in [0.1, 0.15) is 15.9 Å². The van der Waals surface area contributed by atoms with Crippen LogP contribution in [0.3, 0.4) is 0 Å². The first kappa shape index (κ1) is 15.1. The van der Waals surface area contributed by atoms with Gasteiger partial charge in [0.05, 0.1) is 15.1 Å². The molecule has 1 unspecified atom stereocenters. The van der Waals surface area contributed by atoms with E-state index in [1.807, 2.05) is 0 Å². The molecule has 0 spiro atoms. The SMILES string of the molecule is O=C1c2c(cccc2[N+](=O)[O-])C[N+]1([O-])c1ccc2[nH]c(=S)sc2c1. The lowest BCUT2D eigenvalue weighted by molar-refractivity contribution is -0.385. The Morgan fingerprint density at radius 2 is 2.08 bits per heavy atom. The van der Waals surface area contributed by atoms with Crippen LogP contribution in [-0.4, -0.2) is 15.8 Å². The zero-order chi connectivity index (χ0) is 17.1. The summed E-state index contributed by atoms with van der Waals surface area (Å²) >= 11 is 6.39. The van der Waals surface area contributed by atoms with Crippen molar-refractivity contribution in [3.8, 4) is 0 Å². The number of thiazole rings is 1. The molecule has 4 rings (SSSR count). The summed E-state index contributed by atoms with van der Waals surface area (Å²) in [6.07, 6.45) is 0. The molecule has 9 heteroatoms. The summed E-state index contributed by atoms with van der Waals surface area (Å²) in [5.41, 5.74) is 0.996. The van der Waals surface area contributed by atoms with Crippen LogP contribution in [0.25, 0.3) is 10.2 Å². The van der Waals surface area contributed by atoms with Gasteiger partial charge in [-0.3, -0.25) is 14.8 Å². The molecule has 0 saturated heterocycles. The number of amides is 1. The van der Waals surface area contributed by atoms with Crippen LogP contribution < -0.4 is 4.65 Å². The van der Waals surface area contributed by atoms with E-state index in [2.05, 4.69) is 4.98 Å². The predicted molar refractivity (Wildman–Crippen MR) is 93.3 cm³/mol. The summed E-state index contributed by atoms with van der Waals surface area (Å²) in [6, 6.07) is 9.18. The van der Waals surface area contributed by atoms with Gasteiger partial charge in [0.15, 0.2) is 9.52 Å². The Morgan fingerprint density at radius 1 is 1.29 bits per heavy atom. The highest BCUT2D eigenvalue weighted by Crippen LogP contribution is 2.40. The van der Waals surface area contributed by atoms with Gasteiger partial charge >= 0.3 is 5.91 Å². The number of quaternary nitrogens is 1. The quantitative estimate of drug-likeness (QED) is 0.245. The summed E-state index contributed by atoms with van der Waals surface area (Å²) in [7, 11) is 0. The van der Waals surface area contributed by atoms with E-state index in [0.717, 1.165) is 10.2 Å². The Labute approximate surface area is 144 Å². The van der Waals surface area contributed by atoms with Crippen molar-refractivity contribution in [3.05, 3.63) is 66.8 Å². The minimum Gasteiger partial charge on any atom is -0.619 e. The number of nitrogens with one attached hydrogen (secondary N) is 1. The Morgan fingerprint density at radius 3 is 2.83 bits per heavy atom. The number of fused-ring (bicyclic) bond motifs is 2. The second kappa shape index (κ2) is 5.02. The zero-order valence-electron chi connectivity index (χ0n) is 12.0. The van der Waals surface area contributed by atoms with E-state index in [1.165, 1.54) is 23.5 Å². The van der Waals surface area contributed by atoms with Crippen LogP contribution >= 0.6 is 23.6 Å². The van der Waals surface area contributed by atoms with Crippen LogP contribution in [0.2, 0.25) is 0 Å². The molecule has 120 valence electrons. The van der Waals surface area contributed by atoms with E-state index < -0.39 is 15.5 Å². The molecule has 1 N–H and O–H groups in total. The molecule has 1 aliphatic rings. The number of benzene rings is 2. The molecule has 24 heavy (non-hydrogen) atoms. The van der Waals surface area contributed by atoms with Gasteiger partial charge in [-0.1, -0.05) is 12.1 Å². The molecule has 1 amide bonds. The number of hydrogen-bond donors (Lipinski definition) is 1. The van der Waals surface area contributed by atoms with Gasteiger partial charge in [0.2, 0.25) is 0 Å². The molecule has 7 nitrogen and oxygen atoms in total. The number of nitrogens with zero attached hydrogens (tertiary/aromatic N) is 2. The number of hydrogen-bond acceptors (Lipinski definition) is 6. The Balaban J connectivity index is 1.88. The normalized spacial score (nSPS) is 19.6. The summed E-state index contributed by atoms with van der Waals surface area (Å²) in [4.78, 5) is 26.2. The van der Waals surface area contributed by atoms with E-state index in [4.69, 9.17) is 12.2 Å². The first-order valence-electron chi connectivity index (χ1n) is 6.94. The van der Waals surface area contributed by atoms with E-state index in [0.29, 0.717) is 9.52 Å². The van der Waals surface area contributed by atoms with Gasteiger partial charge in [-0.15, -0.1) is 11.3 Å². The summed E-state index contributed by atoms with van der Waals surface area (Å²) < 4.78 is 0.0798. The van der Waals surface area contributed by atoms with Crippen molar-refractivity contribution in [1.82, 2.24) is 9.63 Å². The Kier molecular flexibility index (Phi) is 3.15. The molecule has 2 heterocycles. The number of aromatic nitrogens is 1. The standard InChI is InChI=1S/C15H9N3O4S2/c19-14-13-8(2-1-3-11(13)17(20)21)7-18(14,22)9-4-5-10-12(6-9)24-15(23)16-10/h1-6H,7H2,(H,16,23). The number of nitro groups is 1. The van der Waals surface area contributed by atoms with Gasteiger partial charge < -0.3 is 10.2 Å². The van der Waals surface area contributed by atoms with Crippen LogP contribution in [0, 0.1) is 19.3 Å². The fourth-order valence-electron chi connectivity index (χ4n) is 2.98. The van der Waals surface area contributed by atoms with Crippen molar-refractivity contribution >= 4 is 51.1 Å². The molecule has 1 aliphatic heterocycles. The van der Waals surface area contributed by atoms with Crippen molar-refractivity contribution in [2.24, 2.45) is 0 Å². The van der Waals surface area contributed by atoms with Gasteiger partial charge in [0.25, 0.3) is 5.69 Å². The van der Waals surface area contributed by atoms with Crippen molar-refractivity contribution in [2.75, 3.05) is 0 Å². The second-order valence-corrected chi connectivity index (χ2v) is 7.19. The Hall–Kier alpha value is -2.46. The monoisotopic (exact) mass is 359 g/mol.